The number of methoxy groups -OCH3 is 1. The Bertz CT molecular complexity index is 852. The number of carbonyl (C=O) groups excluding carboxylic acids is 3. The van der Waals surface area contributed by atoms with Crippen molar-refractivity contribution in [2.75, 3.05) is 26.5 Å². The van der Waals surface area contributed by atoms with E-state index in [-0.39, 0.29) is 11.8 Å². The maximum Gasteiger partial charge on any atom is 0.339 e. The van der Waals surface area contributed by atoms with E-state index in [2.05, 4.69) is 10.3 Å². The molecule has 0 saturated heterocycles. The minimum atomic E-state index is -0.478. The molecule has 1 aromatic heterocycles. The van der Waals surface area contributed by atoms with Crippen molar-refractivity contribution in [2.24, 2.45) is 0 Å². The van der Waals surface area contributed by atoms with Crippen molar-refractivity contribution < 1.29 is 19.1 Å². The van der Waals surface area contributed by atoms with Gasteiger partial charge in [0.25, 0.3) is 11.8 Å². The molecule has 2 rings (SSSR count). The molecule has 1 heterocycles. The first-order valence-electron chi connectivity index (χ1n) is 8.22. The van der Waals surface area contributed by atoms with Gasteiger partial charge >= 0.3 is 5.97 Å². The van der Waals surface area contributed by atoms with Gasteiger partial charge in [-0.1, -0.05) is 13.0 Å². The number of carbonyl (C=O) groups is 3. The van der Waals surface area contributed by atoms with Crippen molar-refractivity contribution in [3.8, 4) is 0 Å². The highest BCUT2D eigenvalue weighted by Crippen LogP contribution is 2.21. The highest BCUT2D eigenvalue weighted by Gasteiger charge is 2.23. The van der Waals surface area contributed by atoms with Crippen LogP contribution in [0.25, 0.3) is 0 Å². The van der Waals surface area contributed by atoms with Gasteiger partial charge < -0.3 is 19.9 Å². The largest absolute Gasteiger partial charge is 0.465 e. The number of aromatic amines is 1. The van der Waals surface area contributed by atoms with E-state index in [4.69, 9.17) is 4.74 Å². The van der Waals surface area contributed by atoms with E-state index in [1.54, 1.807) is 45.3 Å². The van der Waals surface area contributed by atoms with Crippen LogP contribution in [-0.2, 0) is 11.2 Å². The minimum Gasteiger partial charge on any atom is -0.465 e. The summed E-state index contributed by atoms with van der Waals surface area (Å²) in [5.74, 6) is -1.02. The Morgan fingerprint density at radius 3 is 2.50 bits per heavy atom. The SMILES string of the molecule is CCc1[nH]c(C(=O)Nc2cccc(C(=O)N(C)C)c2)c(C)c1C(=O)OC. The number of ether oxygens (including phenoxy) is 1. The molecule has 2 N–H and O–H groups in total. The van der Waals surface area contributed by atoms with Crippen LogP contribution in [0.3, 0.4) is 0 Å². The van der Waals surface area contributed by atoms with Crippen molar-refractivity contribution >= 4 is 23.5 Å². The van der Waals surface area contributed by atoms with Gasteiger partial charge in [-0.25, -0.2) is 4.79 Å². The summed E-state index contributed by atoms with van der Waals surface area (Å²) in [5, 5.41) is 2.76. The van der Waals surface area contributed by atoms with E-state index in [9.17, 15) is 14.4 Å². The van der Waals surface area contributed by atoms with Gasteiger partial charge in [0.2, 0.25) is 0 Å². The monoisotopic (exact) mass is 357 g/mol. The molecule has 0 fully saturated rings. The number of rotatable bonds is 5. The van der Waals surface area contributed by atoms with Gasteiger partial charge in [0.05, 0.1) is 12.7 Å². The molecule has 2 aromatic rings. The molecule has 0 aliphatic carbocycles. The third-order valence-electron chi connectivity index (χ3n) is 4.07. The molecule has 7 nitrogen and oxygen atoms in total. The molecule has 138 valence electrons. The van der Waals surface area contributed by atoms with Crippen LogP contribution in [-0.4, -0.2) is 48.9 Å². The molecule has 0 aliphatic heterocycles. The minimum absolute atomic E-state index is 0.154. The van der Waals surface area contributed by atoms with Crippen molar-refractivity contribution in [2.45, 2.75) is 20.3 Å². The summed E-state index contributed by atoms with van der Waals surface area (Å²) >= 11 is 0. The Hall–Kier alpha value is -3.09. The summed E-state index contributed by atoms with van der Waals surface area (Å²) < 4.78 is 4.80. The summed E-state index contributed by atoms with van der Waals surface area (Å²) in [5.41, 5.74) is 2.83. The number of benzene rings is 1. The van der Waals surface area contributed by atoms with Crippen LogP contribution < -0.4 is 5.32 Å². The van der Waals surface area contributed by atoms with Crippen molar-refractivity contribution in [1.82, 2.24) is 9.88 Å². The van der Waals surface area contributed by atoms with Crippen LogP contribution in [0, 0.1) is 6.92 Å². The van der Waals surface area contributed by atoms with Crippen LogP contribution >= 0.6 is 0 Å². The predicted molar refractivity (Wildman–Crippen MR) is 98.7 cm³/mol. The molecule has 2 amide bonds. The number of hydrogen-bond donors (Lipinski definition) is 2. The molecular weight excluding hydrogens is 334 g/mol. The molecule has 0 spiro atoms. The van der Waals surface area contributed by atoms with E-state index >= 15 is 0 Å². The Morgan fingerprint density at radius 1 is 1.23 bits per heavy atom. The van der Waals surface area contributed by atoms with Crippen LogP contribution in [0.2, 0.25) is 0 Å². The molecule has 1 aromatic carbocycles. The van der Waals surface area contributed by atoms with E-state index < -0.39 is 5.97 Å². The Morgan fingerprint density at radius 2 is 1.92 bits per heavy atom. The van der Waals surface area contributed by atoms with Gasteiger partial charge in [0.15, 0.2) is 0 Å². The number of nitrogens with one attached hydrogen (secondary N) is 2. The molecule has 0 atom stereocenters. The lowest BCUT2D eigenvalue weighted by molar-refractivity contribution is 0.0598. The second kappa shape index (κ2) is 7.86. The third kappa shape index (κ3) is 3.77. The van der Waals surface area contributed by atoms with Gasteiger partial charge in [0, 0.05) is 31.0 Å². The normalized spacial score (nSPS) is 10.3. The van der Waals surface area contributed by atoms with E-state index in [1.165, 1.54) is 12.0 Å². The summed E-state index contributed by atoms with van der Waals surface area (Å²) in [7, 11) is 4.63. The average molecular weight is 357 g/mol. The maximum atomic E-state index is 12.7. The number of aryl methyl sites for hydroxylation is 1. The number of H-pyrrole nitrogens is 1. The molecule has 0 radical (unpaired) electrons. The number of esters is 1. The Kier molecular flexibility index (Phi) is 5.82. The van der Waals surface area contributed by atoms with Crippen molar-refractivity contribution in [3.63, 3.8) is 0 Å². The highest BCUT2D eigenvalue weighted by molar-refractivity contribution is 6.07. The summed E-state index contributed by atoms with van der Waals surface area (Å²) in [6.07, 6.45) is 0.561. The molecule has 26 heavy (non-hydrogen) atoms. The van der Waals surface area contributed by atoms with Gasteiger partial charge in [-0.05, 0) is 37.1 Å². The number of anilines is 1. The zero-order valence-corrected chi connectivity index (χ0v) is 15.6. The zero-order valence-electron chi connectivity index (χ0n) is 15.6. The fourth-order valence-electron chi connectivity index (χ4n) is 2.71. The lowest BCUT2D eigenvalue weighted by atomic mass is 10.1. The van der Waals surface area contributed by atoms with Gasteiger partial charge in [-0.15, -0.1) is 0 Å². The number of aromatic nitrogens is 1. The van der Waals surface area contributed by atoms with E-state index in [0.29, 0.717) is 40.2 Å². The summed E-state index contributed by atoms with van der Waals surface area (Å²) in [6, 6.07) is 6.69. The van der Waals surface area contributed by atoms with Crippen molar-refractivity contribution in [3.05, 3.63) is 52.3 Å². The first-order chi connectivity index (χ1) is 12.3. The topological polar surface area (TPSA) is 91.5 Å². The number of nitrogens with zero attached hydrogens (tertiary/aromatic N) is 1. The van der Waals surface area contributed by atoms with Crippen LogP contribution in [0.4, 0.5) is 5.69 Å². The third-order valence-corrected chi connectivity index (χ3v) is 4.07. The number of amides is 2. The Labute approximate surface area is 152 Å². The predicted octanol–water partition coefficient (Wildman–Crippen LogP) is 2.63. The average Bonchev–Trinajstić information content (AvgIpc) is 2.97. The summed E-state index contributed by atoms with van der Waals surface area (Å²) in [4.78, 5) is 41.2. The lowest BCUT2D eigenvalue weighted by Gasteiger charge is -2.11. The molecule has 0 bridgehead atoms. The molecule has 0 saturated carbocycles. The van der Waals surface area contributed by atoms with Crippen molar-refractivity contribution in [1.29, 1.82) is 0 Å². The second-order valence-electron chi connectivity index (χ2n) is 6.06. The maximum absolute atomic E-state index is 12.7. The first-order valence-corrected chi connectivity index (χ1v) is 8.22. The van der Waals surface area contributed by atoms with Gasteiger partial charge in [-0.3, -0.25) is 9.59 Å². The van der Waals surface area contributed by atoms with Gasteiger partial charge in [-0.2, -0.15) is 0 Å². The molecule has 0 unspecified atom stereocenters. The quantitative estimate of drug-likeness (QED) is 0.805. The summed E-state index contributed by atoms with van der Waals surface area (Å²) in [6.45, 7) is 3.58. The number of hydrogen-bond acceptors (Lipinski definition) is 4. The molecule has 7 heteroatoms. The first kappa shape index (κ1) is 19.2. The lowest BCUT2D eigenvalue weighted by Crippen LogP contribution is -2.22. The van der Waals surface area contributed by atoms with Crippen LogP contribution in [0.1, 0.15) is 49.4 Å². The standard InChI is InChI=1S/C19H23N3O4/c1-6-14-15(19(25)26-5)11(2)16(21-14)17(23)20-13-9-7-8-12(10-13)18(24)22(3)4/h7-10,21H,6H2,1-5H3,(H,20,23). The molecule has 0 aliphatic rings. The fraction of sp³-hybridized carbons (Fsp3) is 0.316. The smallest absolute Gasteiger partial charge is 0.339 e. The molecular formula is C19H23N3O4. The Balaban J connectivity index is 2.31. The zero-order chi connectivity index (χ0) is 19.4. The van der Waals surface area contributed by atoms with E-state index in [0.717, 1.165) is 0 Å². The van der Waals surface area contributed by atoms with E-state index in [1.807, 2.05) is 6.92 Å². The fourth-order valence-corrected chi connectivity index (χ4v) is 2.71. The highest BCUT2D eigenvalue weighted by atomic mass is 16.5. The van der Waals surface area contributed by atoms with Gasteiger partial charge in [0.1, 0.15) is 5.69 Å². The second-order valence-corrected chi connectivity index (χ2v) is 6.06. The van der Waals surface area contributed by atoms with Crippen LogP contribution in [0.5, 0.6) is 0 Å². The van der Waals surface area contributed by atoms with Crippen LogP contribution in [0.15, 0.2) is 24.3 Å².